The van der Waals surface area contributed by atoms with Gasteiger partial charge in [-0.1, -0.05) is 0 Å². The second kappa shape index (κ2) is 4.55. The van der Waals surface area contributed by atoms with Gasteiger partial charge in [-0.25, -0.2) is 0 Å². The van der Waals surface area contributed by atoms with Crippen molar-refractivity contribution in [2.24, 2.45) is 7.05 Å². The first-order chi connectivity index (χ1) is 6.56. The van der Waals surface area contributed by atoms with E-state index in [0.717, 1.165) is 5.69 Å². The molecule has 1 aromatic heterocycles. The summed E-state index contributed by atoms with van der Waals surface area (Å²) in [6, 6.07) is 2.05. The molecule has 0 saturated heterocycles. The van der Waals surface area contributed by atoms with Crippen molar-refractivity contribution < 1.29 is 9.53 Å². The van der Waals surface area contributed by atoms with E-state index in [4.69, 9.17) is 4.74 Å². The van der Waals surface area contributed by atoms with Crippen molar-refractivity contribution >= 4 is 17.7 Å². The van der Waals surface area contributed by atoms with Crippen molar-refractivity contribution in [1.29, 1.82) is 0 Å². The molecule has 0 atom stereocenters. The highest BCUT2D eigenvalue weighted by atomic mass is 32.2. The molecule has 0 amide bonds. The van der Waals surface area contributed by atoms with Crippen LogP contribution in [0.2, 0.25) is 0 Å². The van der Waals surface area contributed by atoms with Gasteiger partial charge >= 0.3 is 5.97 Å². The number of rotatable bonds is 3. The first kappa shape index (κ1) is 11.2. The Morgan fingerprint density at radius 1 is 1.64 bits per heavy atom. The van der Waals surface area contributed by atoms with Gasteiger partial charge in [0.25, 0.3) is 0 Å². The van der Waals surface area contributed by atoms with E-state index in [1.165, 1.54) is 17.5 Å². The molecule has 14 heavy (non-hydrogen) atoms. The maximum absolute atomic E-state index is 10.7. The zero-order valence-electron chi connectivity index (χ0n) is 8.96. The number of hydrogen-bond donors (Lipinski definition) is 0. The Kier molecular flexibility index (Phi) is 3.63. The van der Waals surface area contributed by atoms with Crippen LogP contribution < -0.4 is 0 Å². The number of thioether (sulfide) groups is 1. The molecule has 0 bridgehead atoms. The molecule has 3 nitrogen and oxygen atoms in total. The maximum atomic E-state index is 10.7. The molecule has 4 heteroatoms. The van der Waals surface area contributed by atoms with Gasteiger partial charge in [-0.15, -0.1) is 11.8 Å². The third-order valence-electron chi connectivity index (χ3n) is 2.07. The summed E-state index contributed by atoms with van der Waals surface area (Å²) in [6.07, 6.45) is 2.04. The molecule has 0 unspecified atom stereocenters. The molecule has 0 fully saturated rings. The molecule has 0 N–H and O–H groups in total. The maximum Gasteiger partial charge on any atom is 0.303 e. The summed E-state index contributed by atoms with van der Waals surface area (Å²) in [6.45, 7) is 3.83. The molecule has 1 rings (SSSR count). The highest BCUT2D eigenvalue weighted by Crippen LogP contribution is 2.23. The second-order valence-electron chi connectivity index (χ2n) is 3.17. The van der Waals surface area contributed by atoms with Crippen LogP contribution in [0.5, 0.6) is 0 Å². The lowest BCUT2D eigenvalue weighted by molar-refractivity contribution is -0.142. The van der Waals surface area contributed by atoms with Crippen molar-refractivity contribution in [2.45, 2.75) is 25.5 Å². The minimum absolute atomic E-state index is 0.241. The largest absolute Gasteiger partial charge is 0.459 e. The SMILES string of the molecule is CSc1c(C)cc(COC(C)=O)n1C. The lowest BCUT2D eigenvalue weighted by Gasteiger charge is -2.05. The zero-order chi connectivity index (χ0) is 10.7. The van der Waals surface area contributed by atoms with Crippen LogP contribution in [0.15, 0.2) is 11.1 Å². The van der Waals surface area contributed by atoms with Crippen molar-refractivity contribution in [3.8, 4) is 0 Å². The number of esters is 1. The average molecular weight is 213 g/mol. The normalized spacial score (nSPS) is 10.3. The second-order valence-corrected chi connectivity index (χ2v) is 3.96. The molecule has 0 radical (unpaired) electrons. The van der Waals surface area contributed by atoms with Gasteiger partial charge in [0, 0.05) is 14.0 Å². The third kappa shape index (κ3) is 2.32. The molecule has 0 spiro atoms. The van der Waals surface area contributed by atoms with E-state index in [9.17, 15) is 4.79 Å². The standard InChI is InChI=1S/C10H15NO2S/c1-7-5-9(6-13-8(2)12)11(3)10(7)14-4/h5H,6H2,1-4H3. The van der Waals surface area contributed by atoms with E-state index in [2.05, 4.69) is 17.6 Å². The fraction of sp³-hybridized carbons (Fsp3) is 0.500. The number of aromatic nitrogens is 1. The molecule has 0 aromatic carbocycles. The van der Waals surface area contributed by atoms with E-state index in [1.807, 2.05) is 13.3 Å². The summed E-state index contributed by atoms with van der Waals surface area (Å²) in [4.78, 5) is 10.7. The van der Waals surface area contributed by atoms with Gasteiger partial charge < -0.3 is 9.30 Å². The van der Waals surface area contributed by atoms with E-state index in [0.29, 0.717) is 6.61 Å². The van der Waals surface area contributed by atoms with Crippen LogP contribution in [0, 0.1) is 6.92 Å². The van der Waals surface area contributed by atoms with Gasteiger partial charge in [-0.2, -0.15) is 0 Å². The van der Waals surface area contributed by atoms with Gasteiger partial charge in [0.1, 0.15) is 6.61 Å². The summed E-state index contributed by atoms with van der Waals surface area (Å²) in [7, 11) is 1.98. The quantitative estimate of drug-likeness (QED) is 0.569. The van der Waals surface area contributed by atoms with Gasteiger partial charge in [0.2, 0.25) is 0 Å². The van der Waals surface area contributed by atoms with Gasteiger partial charge in [0.05, 0.1) is 10.7 Å². The fourth-order valence-electron chi connectivity index (χ4n) is 1.42. The van der Waals surface area contributed by atoms with Crippen LogP contribution >= 0.6 is 11.8 Å². The van der Waals surface area contributed by atoms with Gasteiger partial charge in [0.15, 0.2) is 0 Å². The Balaban J connectivity index is 2.83. The van der Waals surface area contributed by atoms with Crippen LogP contribution in [-0.4, -0.2) is 16.8 Å². The minimum Gasteiger partial charge on any atom is -0.459 e. The van der Waals surface area contributed by atoms with Gasteiger partial charge in [-0.3, -0.25) is 4.79 Å². The summed E-state index contributed by atoms with van der Waals surface area (Å²) in [5, 5.41) is 1.21. The molecule has 1 heterocycles. The lowest BCUT2D eigenvalue weighted by Crippen LogP contribution is -2.03. The Morgan fingerprint density at radius 3 is 2.71 bits per heavy atom. The smallest absolute Gasteiger partial charge is 0.303 e. The van der Waals surface area contributed by atoms with Crippen molar-refractivity contribution in [3.05, 3.63) is 17.3 Å². The van der Waals surface area contributed by atoms with E-state index < -0.39 is 0 Å². The summed E-state index contributed by atoms with van der Waals surface area (Å²) in [5.41, 5.74) is 2.25. The number of hydrogen-bond acceptors (Lipinski definition) is 3. The first-order valence-corrected chi connectivity index (χ1v) is 5.61. The average Bonchev–Trinajstić information content (AvgIpc) is 2.38. The third-order valence-corrected chi connectivity index (χ3v) is 3.06. The Bertz CT molecular complexity index is 344. The molecular formula is C10H15NO2S. The molecular weight excluding hydrogens is 198 g/mol. The Labute approximate surface area is 88.4 Å². The summed E-state index contributed by atoms with van der Waals surface area (Å²) >= 11 is 1.70. The number of aryl methyl sites for hydroxylation is 1. The van der Waals surface area contributed by atoms with Crippen LogP contribution in [0.3, 0.4) is 0 Å². The first-order valence-electron chi connectivity index (χ1n) is 4.38. The topological polar surface area (TPSA) is 31.2 Å². The van der Waals surface area contributed by atoms with Gasteiger partial charge in [-0.05, 0) is 24.8 Å². The summed E-state index contributed by atoms with van der Waals surface area (Å²) < 4.78 is 7.01. The van der Waals surface area contributed by atoms with Crippen molar-refractivity contribution in [3.63, 3.8) is 0 Å². The Hall–Kier alpha value is -0.900. The minimum atomic E-state index is -0.241. The van der Waals surface area contributed by atoms with Crippen LogP contribution in [-0.2, 0) is 23.2 Å². The molecule has 0 aliphatic carbocycles. The zero-order valence-corrected chi connectivity index (χ0v) is 9.77. The van der Waals surface area contributed by atoms with Crippen LogP contribution in [0.4, 0.5) is 0 Å². The Morgan fingerprint density at radius 2 is 2.29 bits per heavy atom. The molecule has 78 valence electrons. The van der Waals surface area contributed by atoms with Crippen molar-refractivity contribution in [1.82, 2.24) is 4.57 Å². The highest BCUT2D eigenvalue weighted by Gasteiger charge is 2.08. The van der Waals surface area contributed by atoms with E-state index >= 15 is 0 Å². The van der Waals surface area contributed by atoms with Crippen LogP contribution in [0.25, 0.3) is 0 Å². The number of ether oxygens (including phenoxy) is 1. The fourth-order valence-corrected chi connectivity index (χ4v) is 2.19. The number of carbonyl (C=O) groups is 1. The summed E-state index contributed by atoms with van der Waals surface area (Å²) in [5.74, 6) is -0.241. The lowest BCUT2D eigenvalue weighted by atomic mass is 10.3. The number of nitrogens with zero attached hydrogens (tertiary/aromatic N) is 1. The predicted molar refractivity (Wildman–Crippen MR) is 57.4 cm³/mol. The highest BCUT2D eigenvalue weighted by molar-refractivity contribution is 7.98. The monoisotopic (exact) mass is 213 g/mol. The van der Waals surface area contributed by atoms with Crippen molar-refractivity contribution in [2.75, 3.05) is 6.26 Å². The molecule has 0 aliphatic heterocycles. The molecule has 1 aromatic rings. The predicted octanol–water partition coefficient (Wildman–Crippen LogP) is 2.12. The van der Waals surface area contributed by atoms with E-state index in [-0.39, 0.29) is 5.97 Å². The number of carbonyl (C=O) groups excluding carboxylic acids is 1. The molecule has 0 aliphatic rings. The van der Waals surface area contributed by atoms with E-state index in [1.54, 1.807) is 11.8 Å². The molecule has 0 saturated carbocycles. The van der Waals surface area contributed by atoms with Crippen LogP contribution in [0.1, 0.15) is 18.2 Å².